The van der Waals surface area contributed by atoms with Gasteiger partial charge >= 0.3 is 0 Å². The van der Waals surface area contributed by atoms with Gasteiger partial charge in [0.15, 0.2) is 16.6 Å². The highest BCUT2D eigenvalue weighted by molar-refractivity contribution is 6.84. The Morgan fingerprint density at radius 2 is 1.78 bits per heavy atom. The summed E-state index contributed by atoms with van der Waals surface area (Å²) in [6.07, 6.45) is 11.5. The minimum Gasteiger partial charge on any atom is -0.455 e. The van der Waals surface area contributed by atoms with E-state index in [2.05, 4.69) is 26.2 Å². The molecule has 3 nitrogen and oxygen atoms in total. The van der Waals surface area contributed by atoms with Crippen LogP contribution in [0.4, 0.5) is 0 Å². The summed E-state index contributed by atoms with van der Waals surface area (Å²) in [5.41, 5.74) is 1.40. The Bertz CT molecular complexity index is 710. The third kappa shape index (κ3) is 2.14. The molecular formula is C22H36O3Si2. The van der Waals surface area contributed by atoms with Crippen molar-refractivity contribution in [3.8, 4) is 0 Å². The van der Waals surface area contributed by atoms with Gasteiger partial charge in [0.1, 0.15) is 0 Å². The SMILES string of the molecule is C[Si](C)(CCC1CC2CC1C1OC21)O[Si](C)(C)CCC12CC13CC2C1OC13. The van der Waals surface area contributed by atoms with Gasteiger partial charge in [-0.05, 0) is 99.5 Å². The van der Waals surface area contributed by atoms with Gasteiger partial charge < -0.3 is 13.6 Å². The molecule has 2 saturated heterocycles. The average molecular weight is 405 g/mol. The zero-order valence-electron chi connectivity index (χ0n) is 17.5. The molecule has 0 spiro atoms. The lowest BCUT2D eigenvalue weighted by atomic mass is 9.69. The van der Waals surface area contributed by atoms with E-state index in [4.69, 9.17) is 13.6 Å². The van der Waals surface area contributed by atoms with Crippen molar-refractivity contribution in [2.45, 2.75) is 101 Å². The standard InChI is InChI=1S/C22H36O3Si2/c1-26(2,7-5-13-9-14-10-15(13)18-17(14)23-18)25-27(3,4)8-6-21-12-22(21)11-16(21)19-20(22)24-19/h13-20H,5-12H2,1-4H3. The Kier molecular flexibility index (Phi) is 3.02. The molecule has 10 unspecified atom stereocenters. The first kappa shape index (κ1) is 17.0. The van der Waals surface area contributed by atoms with Crippen LogP contribution in [0.3, 0.4) is 0 Å². The number of ether oxygens (including phenoxy) is 2. The summed E-state index contributed by atoms with van der Waals surface area (Å²) in [5.74, 6) is 3.70. The summed E-state index contributed by atoms with van der Waals surface area (Å²) < 4.78 is 18.8. The van der Waals surface area contributed by atoms with Crippen molar-refractivity contribution >= 4 is 16.6 Å². The van der Waals surface area contributed by atoms with E-state index in [1.54, 1.807) is 0 Å². The van der Waals surface area contributed by atoms with Crippen LogP contribution in [0.2, 0.25) is 38.3 Å². The van der Waals surface area contributed by atoms with E-state index >= 15 is 0 Å². The highest BCUT2D eigenvalue weighted by Crippen LogP contribution is 2.94. The molecule has 0 N–H and O–H groups in total. The van der Waals surface area contributed by atoms with Crippen LogP contribution in [-0.4, -0.2) is 41.1 Å². The molecule has 4 bridgehead atoms. The fraction of sp³-hybridized carbons (Fsp3) is 1.00. The third-order valence-electron chi connectivity index (χ3n) is 10.3. The number of epoxide rings is 2. The molecule has 0 aromatic carbocycles. The van der Waals surface area contributed by atoms with E-state index in [1.165, 1.54) is 50.6 Å². The lowest BCUT2D eigenvalue weighted by Gasteiger charge is -2.41. The van der Waals surface area contributed by atoms with Crippen LogP contribution in [0.15, 0.2) is 0 Å². The smallest absolute Gasteiger partial charge is 0.173 e. The van der Waals surface area contributed by atoms with Gasteiger partial charge in [-0.3, -0.25) is 0 Å². The van der Waals surface area contributed by atoms with Crippen LogP contribution in [0.25, 0.3) is 0 Å². The molecule has 7 fully saturated rings. The van der Waals surface area contributed by atoms with Gasteiger partial charge in [-0.15, -0.1) is 0 Å². The van der Waals surface area contributed by atoms with Crippen LogP contribution >= 0.6 is 0 Å². The van der Waals surface area contributed by atoms with Gasteiger partial charge in [-0.25, -0.2) is 0 Å². The molecule has 7 rings (SSSR count). The van der Waals surface area contributed by atoms with Gasteiger partial charge in [0.25, 0.3) is 0 Å². The first-order valence-electron chi connectivity index (χ1n) is 11.7. The summed E-state index contributed by atoms with van der Waals surface area (Å²) in [6.45, 7) is 10.0. The zero-order chi connectivity index (χ0) is 18.4. The van der Waals surface area contributed by atoms with Gasteiger partial charge in [0.2, 0.25) is 0 Å². The van der Waals surface area contributed by atoms with Crippen molar-refractivity contribution in [1.29, 1.82) is 0 Å². The van der Waals surface area contributed by atoms with E-state index in [0.717, 1.165) is 29.1 Å². The summed E-state index contributed by atoms with van der Waals surface area (Å²) in [4.78, 5) is 0. The third-order valence-corrected chi connectivity index (χ3v) is 17.7. The van der Waals surface area contributed by atoms with E-state index in [1.807, 2.05) is 0 Å². The molecule has 2 heterocycles. The lowest BCUT2D eigenvalue weighted by Crippen LogP contribution is -2.45. The van der Waals surface area contributed by atoms with Crippen LogP contribution < -0.4 is 0 Å². The maximum absolute atomic E-state index is 7.03. The Labute approximate surface area is 166 Å². The maximum atomic E-state index is 7.03. The van der Waals surface area contributed by atoms with Crippen LogP contribution in [0, 0.1) is 34.5 Å². The zero-order valence-corrected chi connectivity index (χ0v) is 19.5. The minimum atomic E-state index is -1.55. The van der Waals surface area contributed by atoms with E-state index in [-0.39, 0.29) is 0 Å². The molecule has 27 heavy (non-hydrogen) atoms. The predicted octanol–water partition coefficient (Wildman–Crippen LogP) is 4.79. The predicted molar refractivity (Wildman–Crippen MR) is 110 cm³/mol. The van der Waals surface area contributed by atoms with Crippen LogP contribution in [-0.2, 0) is 13.6 Å². The topological polar surface area (TPSA) is 34.3 Å². The first-order valence-corrected chi connectivity index (χ1v) is 18.0. The maximum Gasteiger partial charge on any atom is 0.173 e. The summed E-state index contributed by atoms with van der Waals surface area (Å²) >= 11 is 0. The Hall–Kier alpha value is 0.314. The number of hydrogen-bond donors (Lipinski definition) is 0. The average Bonchev–Trinajstić information content (AvgIpc) is 3.52. The quantitative estimate of drug-likeness (QED) is 0.431. The molecule has 5 aliphatic carbocycles. The monoisotopic (exact) mass is 404 g/mol. The largest absolute Gasteiger partial charge is 0.455 e. The summed E-state index contributed by atoms with van der Waals surface area (Å²) in [7, 11) is -3.09. The highest BCUT2D eigenvalue weighted by Gasteiger charge is 2.94. The minimum absolute atomic E-state index is 0.670. The molecule has 0 radical (unpaired) electrons. The Balaban J connectivity index is 0.933. The summed E-state index contributed by atoms with van der Waals surface area (Å²) in [6, 6.07) is 2.75. The van der Waals surface area contributed by atoms with Crippen molar-refractivity contribution in [1.82, 2.24) is 0 Å². The second-order valence-electron chi connectivity index (χ2n) is 12.7. The van der Waals surface area contributed by atoms with Gasteiger partial charge in [0.05, 0.1) is 24.4 Å². The van der Waals surface area contributed by atoms with E-state index < -0.39 is 16.6 Å². The van der Waals surface area contributed by atoms with Crippen molar-refractivity contribution in [2.75, 3.05) is 0 Å². The molecule has 0 amide bonds. The molecule has 0 aromatic rings. The molecule has 5 heteroatoms. The molecule has 2 aliphatic heterocycles. The second kappa shape index (κ2) is 4.79. The Morgan fingerprint density at radius 3 is 2.44 bits per heavy atom. The number of fused-ring (bicyclic) bond motifs is 7. The van der Waals surface area contributed by atoms with Crippen molar-refractivity contribution in [3.63, 3.8) is 0 Å². The normalized spacial score (nSPS) is 57.8. The molecule has 7 aliphatic rings. The first-order chi connectivity index (χ1) is 12.7. The summed E-state index contributed by atoms with van der Waals surface area (Å²) in [5, 5.41) is 0. The van der Waals surface area contributed by atoms with Gasteiger partial charge in [-0.1, -0.05) is 6.42 Å². The van der Waals surface area contributed by atoms with Crippen LogP contribution in [0.1, 0.15) is 38.5 Å². The number of rotatable bonds is 8. The fourth-order valence-electron chi connectivity index (χ4n) is 9.05. The van der Waals surface area contributed by atoms with Gasteiger partial charge in [0, 0.05) is 5.41 Å². The van der Waals surface area contributed by atoms with Crippen molar-refractivity contribution in [3.05, 3.63) is 0 Å². The lowest BCUT2D eigenvalue weighted by molar-refractivity contribution is 0.0299. The molecule has 5 saturated carbocycles. The molecule has 0 aromatic heterocycles. The molecule has 150 valence electrons. The molecule has 10 atom stereocenters. The van der Waals surface area contributed by atoms with E-state index in [0.29, 0.717) is 29.8 Å². The number of hydrogen-bond acceptors (Lipinski definition) is 3. The van der Waals surface area contributed by atoms with E-state index in [9.17, 15) is 0 Å². The Morgan fingerprint density at radius 1 is 0.963 bits per heavy atom. The fourth-order valence-corrected chi connectivity index (χ4v) is 18.0. The van der Waals surface area contributed by atoms with Gasteiger partial charge in [-0.2, -0.15) is 0 Å². The molecular weight excluding hydrogens is 368 g/mol. The highest BCUT2D eigenvalue weighted by atomic mass is 28.4. The second-order valence-corrected chi connectivity index (χ2v) is 21.6. The van der Waals surface area contributed by atoms with Crippen molar-refractivity contribution < 1.29 is 13.6 Å². The van der Waals surface area contributed by atoms with Crippen LogP contribution in [0.5, 0.6) is 0 Å². The van der Waals surface area contributed by atoms with Crippen molar-refractivity contribution in [2.24, 2.45) is 34.5 Å².